The fourth-order valence-electron chi connectivity index (χ4n) is 2.99. The van der Waals surface area contributed by atoms with Gasteiger partial charge in [0, 0.05) is 32.7 Å². The van der Waals surface area contributed by atoms with Gasteiger partial charge in [0.25, 0.3) is 0 Å². The molecule has 0 radical (unpaired) electrons. The highest BCUT2D eigenvalue weighted by molar-refractivity contribution is 5.07. The number of ether oxygens (including phenoxy) is 1. The molecule has 1 aliphatic heterocycles. The molecule has 5 heteroatoms. The molecule has 1 atom stereocenters. The molecule has 2 aromatic rings. The van der Waals surface area contributed by atoms with Crippen LogP contribution in [-0.4, -0.2) is 22.8 Å². The van der Waals surface area contributed by atoms with Crippen LogP contribution in [0.15, 0.2) is 28.9 Å². The Labute approximate surface area is 125 Å². The Kier molecular flexibility index (Phi) is 4.41. The Bertz CT molecular complexity index is 570. The first-order valence-corrected chi connectivity index (χ1v) is 7.57. The third-order valence-electron chi connectivity index (χ3n) is 4.17. The molecule has 0 saturated carbocycles. The monoisotopic (exact) mass is 289 g/mol. The first-order valence-electron chi connectivity index (χ1n) is 7.57. The summed E-state index contributed by atoms with van der Waals surface area (Å²) < 4.78 is 13.2. The van der Waals surface area contributed by atoms with Crippen LogP contribution >= 0.6 is 0 Å². The van der Waals surface area contributed by atoms with Crippen molar-refractivity contribution < 1.29 is 9.15 Å². The second-order valence-corrected chi connectivity index (χ2v) is 5.72. The number of hydrogen-bond donors (Lipinski definition) is 1. The molecule has 3 heterocycles. The SMILES string of the molecule is Cc1ccc(CN[C@H](c2nccn2C)C2CCOCC2)o1. The molecule has 2 aromatic heterocycles. The number of furan rings is 1. The molecule has 5 nitrogen and oxygen atoms in total. The summed E-state index contributed by atoms with van der Waals surface area (Å²) in [5, 5.41) is 3.63. The molecule has 0 bridgehead atoms. The van der Waals surface area contributed by atoms with E-state index >= 15 is 0 Å². The molecule has 0 aliphatic carbocycles. The maximum atomic E-state index is 5.65. The zero-order valence-corrected chi connectivity index (χ0v) is 12.7. The van der Waals surface area contributed by atoms with Gasteiger partial charge in [0.05, 0.1) is 12.6 Å². The predicted molar refractivity (Wildman–Crippen MR) is 79.8 cm³/mol. The van der Waals surface area contributed by atoms with Crippen molar-refractivity contribution in [3.05, 3.63) is 41.9 Å². The number of imidazole rings is 1. The number of aryl methyl sites for hydroxylation is 2. The molecular formula is C16H23N3O2. The van der Waals surface area contributed by atoms with Crippen molar-refractivity contribution in [1.29, 1.82) is 0 Å². The zero-order valence-electron chi connectivity index (χ0n) is 12.7. The van der Waals surface area contributed by atoms with Crippen LogP contribution in [0.2, 0.25) is 0 Å². The molecule has 1 N–H and O–H groups in total. The van der Waals surface area contributed by atoms with Gasteiger partial charge >= 0.3 is 0 Å². The predicted octanol–water partition coefficient (Wildman–Crippen LogP) is 2.58. The van der Waals surface area contributed by atoms with Gasteiger partial charge in [-0.25, -0.2) is 4.98 Å². The molecule has 114 valence electrons. The van der Waals surface area contributed by atoms with Crippen molar-refractivity contribution in [2.24, 2.45) is 13.0 Å². The second kappa shape index (κ2) is 6.45. The third-order valence-corrected chi connectivity index (χ3v) is 4.17. The minimum absolute atomic E-state index is 0.235. The van der Waals surface area contributed by atoms with Gasteiger partial charge in [-0.05, 0) is 37.8 Å². The number of nitrogens with one attached hydrogen (secondary N) is 1. The van der Waals surface area contributed by atoms with Gasteiger partial charge in [-0.1, -0.05) is 0 Å². The van der Waals surface area contributed by atoms with Gasteiger partial charge < -0.3 is 19.0 Å². The molecule has 1 aliphatic rings. The lowest BCUT2D eigenvalue weighted by molar-refractivity contribution is 0.0515. The molecule has 3 rings (SSSR count). The van der Waals surface area contributed by atoms with E-state index in [9.17, 15) is 0 Å². The Morgan fingerprint density at radius 2 is 2.19 bits per heavy atom. The molecular weight excluding hydrogens is 266 g/mol. The third kappa shape index (κ3) is 3.36. The smallest absolute Gasteiger partial charge is 0.125 e. The highest BCUT2D eigenvalue weighted by Crippen LogP contribution is 2.29. The molecule has 0 spiro atoms. The van der Waals surface area contributed by atoms with E-state index in [4.69, 9.17) is 9.15 Å². The molecule has 21 heavy (non-hydrogen) atoms. The Hall–Kier alpha value is -1.59. The summed E-state index contributed by atoms with van der Waals surface area (Å²) in [6, 6.07) is 4.27. The minimum Gasteiger partial charge on any atom is -0.465 e. The average Bonchev–Trinajstić information content (AvgIpc) is 3.10. The topological polar surface area (TPSA) is 52.2 Å². The summed E-state index contributed by atoms with van der Waals surface area (Å²) in [4.78, 5) is 4.54. The van der Waals surface area contributed by atoms with Crippen molar-refractivity contribution in [2.45, 2.75) is 32.4 Å². The summed E-state index contributed by atoms with van der Waals surface area (Å²) in [5.41, 5.74) is 0. The van der Waals surface area contributed by atoms with Crippen LogP contribution in [0.3, 0.4) is 0 Å². The van der Waals surface area contributed by atoms with E-state index in [1.54, 1.807) is 0 Å². The fourth-order valence-corrected chi connectivity index (χ4v) is 2.99. The second-order valence-electron chi connectivity index (χ2n) is 5.72. The van der Waals surface area contributed by atoms with Gasteiger partial charge in [-0.15, -0.1) is 0 Å². The normalized spacial score (nSPS) is 18.0. The summed E-state index contributed by atoms with van der Waals surface area (Å²) >= 11 is 0. The van der Waals surface area contributed by atoms with Gasteiger partial charge in [-0.3, -0.25) is 0 Å². The highest BCUT2D eigenvalue weighted by atomic mass is 16.5. The van der Waals surface area contributed by atoms with E-state index in [-0.39, 0.29) is 6.04 Å². The Morgan fingerprint density at radius 1 is 1.38 bits per heavy atom. The molecule has 1 fully saturated rings. The van der Waals surface area contributed by atoms with Crippen LogP contribution in [0.4, 0.5) is 0 Å². The number of hydrogen-bond acceptors (Lipinski definition) is 4. The van der Waals surface area contributed by atoms with E-state index in [0.29, 0.717) is 5.92 Å². The van der Waals surface area contributed by atoms with Crippen molar-refractivity contribution in [2.75, 3.05) is 13.2 Å². The van der Waals surface area contributed by atoms with E-state index < -0.39 is 0 Å². The number of nitrogens with zero attached hydrogens (tertiary/aromatic N) is 2. The summed E-state index contributed by atoms with van der Waals surface area (Å²) in [6.07, 6.45) is 6.00. The van der Waals surface area contributed by atoms with Crippen LogP contribution in [0.25, 0.3) is 0 Å². The Morgan fingerprint density at radius 3 is 2.81 bits per heavy atom. The van der Waals surface area contributed by atoms with Gasteiger partial charge in [0.15, 0.2) is 0 Å². The van der Waals surface area contributed by atoms with E-state index in [1.165, 1.54) is 0 Å². The van der Waals surface area contributed by atoms with Crippen LogP contribution in [-0.2, 0) is 18.3 Å². The van der Waals surface area contributed by atoms with Gasteiger partial charge in [-0.2, -0.15) is 0 Å². The van der Waals surface area contributed by atoms with Crippen LogP contribution < -0.4 is 5.32 Å². The van der Waals surface area contributed by atoms with Crippen LogP contribution in [0, 0.1) is 12.8 Å². The van der Waals surface area contributed by atoms with Gasteiger partial charge in [0.2, 0.25) is 0 Å². The molecule has 0 amide bonds. The Balaban J connectivity index is 1.73. The lowest BCUT2D eigenvalue weighted by atomic mass is 9.91. The number of aromatic nitrogens is 2. The van der Waals surface area contributed by atoms with Crippen molar-refractivity contribution in [1.82, 2.24) is 14.9 Å². The van der Waals surface area contributed by atoms with E-state index in [1.807, 2.05) is 38.5 Å². The first kappa shape index (κ1) is 14.4. The highest BCUT2D eigenvalue weighted by Gasteiger charge is 2.28. The van der Waals surface area contributed by atoms with E-state index in [2.05, 4.69) is 14.9 Å². The lowest BCUT2D eigenvalue weighted by Gasteiger charge is -2.30. The van der Waals surface area contributed by atoms with Gasteiger partial charge in [0.1, 0.15) is 17.3 Å². The molecule has 0 aromatic carbocycles. The van der Waals surface area contributed by atoms with Crippen LogP contribution in [0.5, 0.6) is 0 Å². The minimum atomic E-state index is 0.235. The average molecular weight is 289 g/mol. The maximum absolute atomic E-state index is 5.65. The van der Waals surface area contributed by atoms with Crippen molar-refractivity contribution >= 4 is 0 Å². The maximum Gasteiger partial charge on any atom is 0.125 e. The fraction of sp³-hybridized carbons (Fsp3) is 0.562. The molecule has 0 unspecified atom stereocenters. The standard InChI is InChI=1S/C16H23N3O2/c1-12-3-4-14(21-12)11-18-15(13-5-9-20-10-6-13)16-17-7-8-19(16)2/h3-4,7-8,13,15,18H,5-6,9-11H2,1-2H3/t15-/m0/s1. The quantitative estimate of drug-likeness (QED) is 0.919. The summed E-state index contributed by atoms with van der Waals surface area (Å²) in [7, 11) is 2.05. The van der Waals surface area contributed by atoms with Crippen molar-refractivity contribution in [3.63, 3.8) is 0 Å². The first-order chi connectivity index (χ1) is 10.2. The van der Waals surface area contributed by atoms with Crippen molar-refractivity contribution in [3.8, 4) is 0 Å². The van der Waals surface area contributed by atoms with E-state index in [0.717, 1.165) is 49.9 Å². The number of rotatable bonds is 5. The lowest BCUT2D eigenvalue weighted by Crippen LogP contribution is -2.33. The summed E-state index contributed by atoms with van der Waals surface area (Å²) in [6.45, 7) is 4.38. The van der Waals surface area contributed by atoms with Crippen LogP contribution in [0.1, 0.15) is 36.2 Å². The zero-order chi connectivity index (χ0) is 14.7. The molecule has 1 saturated heterocycles. The largest absolute Gasteiger partial charge is 0.465 e. The summed E-state index contributed by atoms with van der Waals surface area (Å²) in [5.74, 6) is 3.56.